The van der Waals surface area contributed by atoms with Crippen LogP contribution < -0.4 is 0 Å². The number of benzene rings is 3. The highest BCUT2D eigenvalue weighted by Crippen LogP contribution is 2.51. The third-order valence-corrected chi connectivity index (χ3v) is 8.61. The van der Waals surface area contributed by atoms with E-state index in [-0.39, 0.29) is 5.41 Å². The van der Waals surface area contributed by atoms with Crippen molar-refractivity contribution in [1.82, 2.24) is 0 Å². The third kappa shape index (κ3) is 5.44. The van der Waals surface area contributed by atoms with Crippen LogP contribution >= 0.6 is 0 Å². The Morgan fingerprint density at radius 2 is 1.82 bits per heavy atom. The molecule has 1 unspecified atom stereocenters. The fourth-order valence-corrected chi connectivity index (χ4v) is 6.71. The lowest BCUT2D eigenvalue weighted by Crippen LogP contribution is -2.38. The standard InChI is InChI=1S/C29H32O3S/c1-22(2)27-14-15-29(20-32-21-30,16-17-33(31)26-10-4-3-5-11-26)19-28(27)25-13-12-23-8-6-7-9-24(23)18-25/h3-13,18,21,27-28H,1,14-17,19-20H2,2H3/t27-,28-,29+,33?/m0/s1. The highest BCUT2D eigenvalue weighted by Gasteiger charge is 2.42. The fourth-order valence-electron chi connectivity index (χ4n) is 5.39. The van der Waals surface area contributed by atoms with Crippen LogP contribution in [0.3, 0.4) is 0 Å². The van der Waals surface area contributed by atoms with Gasteiger partial charge in [-0.2, -0.15) is 0 Å². The van der Waals surface area contributed by atoms with Gasteiger partial charge in [-0.1, -0.05) is 72.8 Å². The molecule has 4 atom stereocenters. The second-order valence-electron chi connectivity index (χ2n) is 9.43. The van der Waals surface area contributed by atoms with E-state index in [4.69, 9.17) is 4.74 Å². The van der Waals surface area contributed by atoms with Crippen molar-refractivity contribution in [2.45, 2.75) is 43.4 Å². The maximum atomic E-state index is 13.0. The molecule has 1 saturated carbocycles. The number of ether oxygens (including phenoxy) is 1. The minimum atomic E-state index is -1.07. The van der Waals surface area contributed by atoms with Gasteiger partial charge in [-0.3, -0.25) is 9.00 Å². The Morgan fingerprint density at radius 3 is 2.55 bits per heavy atom. The van der Waals surface area contributed by atoms with E-state index in [1.807, 2.05) is 30.3 Å². The van der Waals surface area contributed by atoms with Gasteiger partial charge in [0.2, 0.25) is 0 Å². The second-order valence-corrected chi connectivity index (χ2v) is 11.0. The van der Waals surface area contributed by atoms with Gasteiger partial charge >= 0.3 is 0 Å². The van der Waals surface area contributed by atoms with Crippen LogP contribution in [0.15, 0.2) is 89.8 Å². The summed E-state index contributed by atoms with van der Waals surface area (Å²) in [6.07, 6.45) is 3.58. The molecule has 0 N–H and O–H groups in total. The largest absolute Gasteiger partial charge is 0.467 e. The van der Waals surface area contributed by atoms with Crippen molar-refractivity contribution >= 4 is 28.0 Å². The Bertz CT molecular complexity index is 1140. The summed E-state index contributed by atoms with van der Waals surface area (Å²) in [6, 6.07) is 24.8. The molecule has 0 bridgehead atoms. The summed E-state index contributed by atoms with van der Waals surface area (Å²) in [5.41, 5.74) is 2.32. The molecular formula is C29H32O3S. The molecule has 33 heavy (non-hydrogen) atoms. The molecule has 4 heteroatoms. The quantitative estimate of drug-likeness (QED) is 0.265. The van der Waals surface area contributed by atoms with Crippen LogP contribution in [0.1, 0.15) is 44.1 Å². The molecule has 4 rings (SSSR count). The molecular weight excluding hydrogens is 428 g/mol. The van der Waals surface area contributed by atoms with E-state index >= 15 is 0 Å². The van der Waals surface area contributed by atoms with Crippen molar-refractivity contribution < 1.29 is 13.7 Å². The van der Waals surface area contributed by atoms with Crippen LogP contribution in [-0.2, 0) is 20.3 Å². The minimum absolute atomic E-state index is 0.187. The molecule has 1 fully saturated rings. The zero-order chi connectivity index (χ0) is 23.3. The summed E-state index contributed by atoms with van der Waals surface area (Å²) in [5, 5.41) is 2.47. The topological polar surface area (TPSA) is 43.4 Å². The van der Waals surface area contributed by atoms with Gasteiger partial charge in [-0.05, 0) is 72.9 Å². The molecule has 0 aromatic heterocycles. The van der Waals surface area contributed by atoms with Crippen LogP contribution in [0.5, 0.6) is 0 Å². The van der Waals surface area contributed by atoms with Gasteiger partial charge in [0.25, 0.3) is 6.47 Å². The van der Waals surface area contributed by atoms with Crippen LogP contribution in [0.4, 0.5) is 0 Å². The number of carbonyl (C=O) groups excluding carboxylic acids is 1. The van der Waals surface area contributed by atoms with Crippen molar-refractivity contribution in [2.75, 3.05) is 12.4 Å². The molecule has 1 aliphatic carbocycles. The Kier molecular flexibility index (Phi) is 7.44. The van der Waals surface area contributed by atoms with Gasteiger partial charge in [0.15, 0.2) is 0 Å². The number of fused-ring (bicyclic) bond motifs is 1. The normalized spacial score (nSPS) is 23.7. The van der Waals surface area contributed by atoms with Crippen LogP contribution in [0.2, 0.25) is 0 Å². The molecule has 3 aromatic carbocycles. The molecule has 0 saturated heterocycles. The zero-order valence-electron chi connectivity index (χ0n) is 19.2. The summed E-state index contributed by atoms with van der Waals surface area (Å²) in [7, 11) is -1.07. The van der Waals surface area contributed by atoms with Gasteiger partial charge in [-0.25, -0.2) is 0 Å². The zero-order valence-corrected chi connectivity index (χ0v) is 20.1. The Balaban J connectivity index is 1.62. The predicted molar refractivity (Wildman–Crippen MR) is 136 cm³/mol. The van der Waals surface area contributed by atoms with Gasteiger partial charge in [-0.15, -0.1) is 0 Å². The first-order valence-corrected chi connectivity index (χ1v) is 13.0. The maximum absolute atomic E-state index is 13.0. The molecule has 3 nitrogen and oxygen atoms in total. The molecule has 172 valence electrons. The summed E-state index contributed by atoms with van der Waals surface area (Å²) in [4.78, 5) is 12.0. The van der Waals surface area contributed by atoms with Gasteiger partial charge < -0.3 is 4.74 Å². The Morgan fingerprint density at radius 1 is 1.09 bits per heavy atom. The number of rotatable bonds is 9. The van der Waals surface area contributed by atoms with Crippen molar-refractivity contribution in [3.63, 3.8) is 0 Å². The van der Waals surface area contributed by atoms with Crippen LogP contribution in [0, 0.1) is 11.3 Å². The first kappa shape index (κ1) is 23.4. The SMILES string of the molecule is C=C(C)[C@@H]1CC[C@](CCS(=O)c2ccccc2)(COC=O)C[C@H]1c1ccc2ccccc2c1. The predicted octanol–water partition coefficient (Wildman–Crippen LogP) is 6.66. The van der Waals surface area contributed by atoms with Crippen molar-refractivity contribution in [3.05, 3.63) is 90.5 Å². The van der Waals surface area contributed by atoms with Crippen molar-refractivity contribution in [3.8, 4) is 0 Å². The first-order valence-electron chi connectivity index (χ1n) is 11.6. The van der Waals surface area contributed by atoms with E-state index in [2.05, 4.69) is 56.0 Å². The highest BCUT2D eigenvalue weighted by molar-refractivity contribution is 7.85. The summed E-state index contributed by atoms with van der Waals surface area (Å²) < 4.78 is 18.3. The number of allylic oxidation sites excluding steroid dienone is 1. The number of hydrogen-bond donors (Lipinski definition) is 0. The van der Waals surface area contributed by atoms with E-state index in [1.165, 1.54) is 21.9 Å². The molecule has 3 aromatic rings. The van der Waals surface area contributed by atoms with Crippen molar-refractivity contribution in [1.29, 1.82) is 0 Å². The van der Waals surface area contributed by atoms with Crippen LogP contribution in [-0.4, -0.2) is 23.0 Å². The van der Waals surface area contributed by atoms with Crippen molar-refractivity contribution in [2.24, 2.45) is 11.3 Å². The summed E-state index contributed by atoms with van der Waals surface area (Å²) in [5.74, 6) is 1.24. The van der Waals surface area contributed by atoms with E-state index in [0.29, 0.717) is 30.7 Å². The average molecular weight is 461 g/mol. The minimum Gasteiger partial charge on any atom is -0.467 e. The lowest BCUT2D eigenvalue weighted by Gasteiger charge is -2.45. The van der Waals surface area contributed by atoms with E-state index in [9.17, 15) is 9.00 Å². The fraction of sp³-hybridized carbons (Fsp3) is 0.345. The second kappa shape index (κ2) is 10.5. The molecule has 1 aliphatic rings. The third-order valence-electron chi connectivity index (χ3n) is 7.24. The number of hydrogen-bond acceptors (Lipinski definition) is 3. The van der Waals surface area contributed by atoms with Gasteiger partial charge in [0, 0.05) is 16.1 Å². The summed E-state index contributed by atoms with van der Waals surface area (Å²) in [6.45, 7) is 7.35. The van der Waals surface area contributed by atoms with E-state index < -0.39 is 10.8 Å². The molecule has 0 heterocycles. The maximum Gasteiger partial charge on any atom is 0.293 e. The van der Waals surface area contributed by atoms with E-state index in [0.717, 1.165) is 30.6 Å². The smallest absolute Gasteiger partial charge is 0.293 e. The first-order chi connectivity index (χ1) is 16.0. The Labute approximate surface area is 199 Å². The lowest BCUT2D eigenvalue weighted by atomic mass is 9.61. The summed E-state index contributed by atoms with van der Waals surface area (Å²) >= 11 is 0. The van der Waals surface area contributed by atoms with E-state index in [1.54, 1.807) is 0 Å². The number of carbonyl (C=O) groups is 1. The highest BCUT2D eigenvalue weighted by atomic mass is 32.2. The van der Waals surface area contributed by atoms with Crippen LogP contribution in [0.25, 0.3) is 10.8 Å². The Hall–Kier alpha value is -2.72. The monoisotopic (exact) mass is 460 g/mol. The molecule has 0 radical (unpaired) electrons. The van der Waals surface area contributed by atoms with Gasteiger partial charge in [0.1, 0.15) is 0 Å². The molecule has 0 aliphatic heterocycles. The van der Waals surface area contributed by atoms with Gasteiger partial charge in [0.05, 0.1) is 17.4 Å². The molecule has 0 spiro atoms. The lowest BCUT2D eigenvalue weighted by molar-refractivity contribution is -0.133. The average Bonchev–Trinajstić information content (AvgIpc) is 2.86. The molecule has 0 amide bonds.